The molecule has 0 fully saturated rings. The number of amides is 2. The number of rotatable bonds is 6. The van der Waals surface area contributed by atoms with Crippen LogP contribution < -0.4 is 10.6 Å². The molecule has 6 heteroatoms. The summed E-state index contributed by atoms with van der Waals surface area (Å²) < 4.78 is 5.25. The summed E-state index contributed by atoms with van der Waals surface area (Å²) in [5.41, 5.74) is 0.752. The molecule has 1 atom stereocenters. The van der Waals surface area contributed by atoms with Gasteiger partial charge in [-0.15, -0.1) is 0 Å². The summed E-state index contributed by atoms with van der Waals surface area (Å²) in [4.78, 5) is 24.5. The van der Waals surface area contributed by atoms with Gasteiger partial charge in [-0.05, 0) is 44.4 Å². The van der Waals surface area contributed by atoms with Gasteiger partial charge in [0.1, 0.15) is 11.6 Å². The van der Waals surface area contributed by atoms with E-state index < -0.39 is 17.7 Å². The zero-order chi connectivity index (χ0) is 19.0. The van der Waals surface area contributed by atoms with Gasteiger partial charge < -0.3 is 15.4 Å². The van der Waals surface area contributed by atoms with E-state index in [1.54, 1.807) is 45.0 Å². The smallest absolute Gasteiger partial charge is 0.408 e. The molecule has 1 aromatic rings. The van der Waals surface area contributed by atoms with Crippen LogP contribution in [0.25, 0.3) is 0 Å². The van der Waals surface area contributed by atoms with Crippen LogP contribution in [0, 0.1) is 17.2 Å². The first-order chi connectivity index (χ1) is 11.6. The lowest BCUT2D eigenvalue weighted by molar-refractivity contribution is -0.123. The summed E-state index contributed by atoms with van der Waals surface area (Å²) >= 11 is 0. The molecule has 25 heavy (non-hydrogen) atoms. The maximum Gasteiger partial charge on any atom is 0.408 e. The van der Waals surface area contributed by atoms with Crippen molar-refractivity contribution in [3.8, 4) is 6.07 Å². The second-order valence-electron chi connectivity index (χ2n) is 7.35. The number of carbonyl (C=O) groups is 2. The fourth-order valence-electron chi connectivity index (χ4n) is 2.04. The van der Waals surface area contributed by atoms with Crippen molar-refractivity contribution in [2.75, 3.05) is 6.54 Å². The monoisotopic (exact) mass is 345 g/mol. The largest absolute Gasteiger partial charge is 0.444 e. The van der Waals surface area contributed by atoms with Gasteiger partial charge in [0, 0.05) is 13.0 Å². The summed E-state index contributed by atoms with van der Waals surface area (Å²) in [6.45, 7) is 9.82. The number of nitrogens with zero attached hydrogens (tertiary/aromatic N) is 1. The van der Waals surface area contributed by atoms with E-state index in [-0.39, 0.29) is 5.91 Å². The molecule has 1 rings (SSSR count). The van der Waals surface area contributed by atoms with Crippen LogP contribution in [-0.4, -0.2) is 30.2 Å². The van der Waals surface area contributed by atoms with E-state index in [0.29, 0.717) is 24.4 Å². The molecule has 0 spiro atoms. The van der Waals surface area contributed by atoms with E-state index in [0.717, 1.165) is 5.56 Å². The molecule has 1 aromatic carbocycles. The van der Waals surface area contributed by atoms with Gasteiger partial charge in [0.05, 0.1) is 11.6 Å². The fraction of sp³-hybridized carbons (Fsp3) is 0.526. The van der Waals surface area contributed by atoms with Crippen molar-refractivity contribution in [1.29, 1.82) is 5.26 Å². The molecule has 0 saturated carbocycles. The number of benzene rings is 1. The van der Waals surface area contributed by atoms with Crippen molar-refractivity contribution in [3.63, 3.8) is 0 Å². The molecule has 0 aliphatic rings. The molecule has 0 aliphatic heterocycles. The second kappa shape index (κ2) is 9.07. The van der Waals surface area contributed by atoms with Crippen molar-refractivity contribution in [2.45, 2.75) is 52.7 Å². The van der Waals surface area contributed by atoms with Gasteiger partial charge in [-0.3, -0.25) is 4.79 Å². The minimum atomic E-state index is -0.749. The maximum absolute atomic E-state index is 12.4. The Hall–Kier alpha value is -2.55. The van der Waals surface area contributed by atoms with Crippen LogP contribution in [0.3, 0.4) is 0 Å². The highest BCUT2D eigenvalue weighted by Gasteiger charge is 2.24. The number of nitriles is 1. The summed E-state index contributed by atoms with van der Waals surface area (Å²) in [6, 6.07) is 8.23. The minimum absolute atomic E-state index is 0.260. The van der Waals surface area contributed by atoms with E-state index in [1.807, 2.05) is 13.8 Å². The van der Waals surface area contributed by atoms with E-state index >= 15 is 0 Å². The van der Waals surface area contributed by atoms with Crippen LogP contribution in [0.4, 0.5) is 4.79 Å². The Labute approximate surface area is 149 Å². The molecule has 0 radical (unpaired) electrons. The van der Waals surface area contributed by atoms with Crippen molar-refractivity contribution in [3.05, 3.63) is 35.4 Å². The number of carbonyl (C=O) groups excluding carboxylic acids is 2. The number of hydrogen-bond donors (Lipinski definition) is 2. The summed E-state index contributed by atoms with van der Waals surface area (Å²) in [6.07, 6.45) is -0.319. The molecule has 0 saturated heterocycles. The van der Waals surface area contributed by atoms with Gasteiger partial charge in [-0.1, -0.05) is 26.0 Å². The number of nitrogens with one attached hydrogen (secondary N) is 2. The topological polar surface area (TPSA) is 91.2 Å². The standard InChI is InChI=1S/C19H27N3O3/c1-13(2)12-21-17(23)16(22-18(24)25-19(3,4)5)10-14-6-8-15(11-20)9-7-14/h6-9,13,16H,10,12H2,1-5H3,(H,21,23)(H,22,24). The Balaban J connectivity index is 2.84. The molecular weight excluding hydrogens is 318 g/mol. The van der Waals surface area contributed by atoms with E-state index in [1.165, 1.54) is 0 Å². The van der Waals surface area contributed by atoms with Gasteiger partial charge in [-0.2, -0.15) is 5.26 Å². The summed E-state index contributed by atoms with van der Waals surface area (Å²) in [5, 5.41) is 14.3. The van der Waals surface area contributed by atoms with E-state index in [2.05, 4.69) is 16.7 Å². The molecule has 136 valence electrons. The fourth-order valence-corrected chi connectivity index (χ4v) is 2.04. The quantitative estimate of drug-likeness (QED) is 0.829. The van der Waals surface area contributed by atoms with Crippen LogP contribution in [0.2, 0.25) is 0 Å². The average molecular weight is 345 g/mol. The molecule has 0 aromatic heterocycles. The number of alkyl carbamates (subject to hydrolysis) is 1. The van der Waals surface area contributed by atoms with Crippen LogP contribution in [-0.2, 0) is 16.0 Å². The Kier molecular flexibility index (Phi) is 7.43. The van der Waals surface area contributed by atoms with Crippen molar-refractivity contribution < 1.29 is 14.3 Å². The lowest BCUT2D eigenvalue weighted by Crippen LogP contribution is -2.49. The lowest BCUT2D eigenvalue weighted by atomic mass is 10.0. The second-order valence-corrected chi connectivity index (χ2v) is 7.35. The zero-order valence-electron chi connectivity index (χ0n) is 15.6. The Morgan fingerprint density at radius 2 is 1.80 bits per heavy atom. The predicted molar refractivity (Wildman–Crippen MR) is 95.9 cm³/mol. The third kappa shape index (κ3) is 8.20. The third-order valence-electron chi connectivity index (χ3n) is 3.21. The molecule has 2 N–H and O–H groups in total. The molecule has 0 aliphatic carbocycles. The van der Waals surface area contributed by atoms with Gasteiger partial charge in [0.2, 0.25) is 5.91 Å². The van der Waals surface area contributed by atoms with Crippen molar-refractivity contribution in [2.24, 2.45) is 5.92 Å². The van der Waals surface area contributed by atoms with Crippen LogP contribution in [0.15, 0.2) is 24.3 Å². The normalized spacial score (nSPS) is 12.2. The highest BCUT2D eigenvalue weighted by atomic mass is 16.6. The van der Waals surface area contributed by atoms with Crippen molar-refractivity contribution in [1.82, 2.24) is 10.6 Å². The SMILES string of the molecule is CC(C)CNC(=O)C(Cc1ccc(C#N)cc1)NC(=O)OC(C)(C)C. The van der Waals surface area contributed by atoms with E-state index in [4.69, 9.17) is 10.00 Å². The van der Waals surface area contributed by atoms with Crippen LogP contribution in [0.5, 0.6) is 0 Å². The van der Waals surface area contributed by atoms with Gasteiger partial charge in [-0.25, -0.2) is 4.79 Å². The first-order valence-electron chi connectivity index (χ1n) is 8.37. The zero-order valence-corrected chi connectivity index (χ0v) is 15.6. The van der Waals surface area contributed by atoms with Crippen LogP contribution >= 0.6 is 0 Å². The Bertz CT molecular complexity index is 625. The third-order valence-corrected chi connectivity index (χ3v) is 3.21. The summed E-state index contributed by atoms with van der Waals surface area (Å²) in [5.74, 6) is 0.0463. The molecule has 2 amide bonds. The first kappa shape index (κ1) is 20.5. The molecule has 1 unspecified atom stereocenters. The molecule has 6 nitrogen and oxygen atoms in total. The lowest BCUT2D eigenvalue weighted by Gasteiger charge is -2.23. The molecule has 0 bridgehead atoms. The Morgan fingerprint density at radius 1 is 1.20 bits per heavy atom. The maximum atomic E-state index is 12.4. The summed E-state index contributed by atoms with van der Waals surface area (Å²) in [7, 11) is 0. The predicted octanol–water partition coefficient (Wildman–Crippen LogP) is 2.77. The highest BCUT2D eigenvalue weighted by molar-refractivity contribution is 5.86. The minimum Gasteiger partial charge on any atom is -0.444 e. The van der Waals surface area contributed by atoms with Gasteiger partial charge in [0.25, 0.3) is 0 Å². The highest BCUT2D eigenvalue weighted by Crippen LogP contribution is 2.10. The number of ether oxygens (including phenoxy) is 1. The first-order valence-corrected chi connectivity index (χ1v) is 8.37. The molecular formula is C19H27N3O3. The average Bonchev–Trinajstić information content (AvgIpc) is 2.50. The molecule has 0 heterocycles. The van der Waals surface area contributed by atoms with Crippen LogP contribution in [0.1, 0.15) is 45.7 Å². The van der Waals surface area contributed by atoms with E-state index in [9.17, 15) is 9.59 Å². The van der Waals surface area contributed by atoms with Gasteiger partial charge >= 0.3 is 6.09 Å². The van der Waals surface area contributed by atoms with Gasteiger partial charge in [0.15, 0.2) is 0 Å². The number of hydrogen-bond acceptors (Lipinski definition) is 4. The Morgan fingerprint density at radius 3 is 2.28 bits per heavy atom. The van der Waals surface area contributed by atoms with Crippen molar-refractivity contribution >= 4 is 12.0 Å².